The lowest BCUT2D eigenvalue weighted by atomic mass is 10.1. The number of nitrogens with one attached hydrogen (secondary N) is 2. The molecule has 0 bridgehead atoms. The zero-order chi connectivity index (χ0) is 19.4. The zero-order valence-corrected chi connectivity index (χ0v) is 14.9. The fourth-order valence-corrected chi connectivity index (χ4v) is 2.41. The van der Waals surface area contributed by atoms with Crippen molar-refractivity contribution in [2.45, 2.75) is 6.92 Å². The van der Waals surface area contributed by atoms with E-state index in [4.69, 9.17) is 11.6 Å². The van der Waals surface area contributed by atoms with Gasteiger partial charge < -0.3 is 10.6 Å². The van der Waals surface area contributed by atoms with Crippen LogP contribution in [0.1, 0.15) is 27.8 Å². The van der Waals surface area contributed by atoms with Crippen LogP contribution in [-0.4, -0.2) is 21.9 Å². The van der Waals surface area contributed by atoms with E-state index in [1.54, 1.807) is 30.3 Å². The molecule has 0 atom stereocenters. The van der Waals surface area contributed by atoms with Crippen LogP contribution in [-0.2, 0) is 0 Å². The predicted molar refractivity (Wildman–Crippen MR) is 101 cm³/mol. The molecule has 27 heavy (non-hydrogen) atoms. The molecule has 8 heteroatoms. The molecule has 0 aliphatic rings. The third kappa shape index (κ3) is 4.65. The van der Waals surface area contributed by atoms with Crippen molar-refractivity contribution in [1.29, 1.82) is 0 Å². The third-order valence-electron chi connectivity index (χ3n) is 3.64. The molecule has 0 spiro atoms. The van der Waals surface area contributed by atoms with E-state index in [-0.39, 0.29) is 16.5 Å². The molecule has 1 aromatic heterocycles. The number of nitrogens with zero attached hydrogens (tertiary/aromatic N) is 2. The number of hydrogen-bond acceptors (Lipinski definition) is 5. The van der Waals surface area contributed by atoms with Gasteiger partial charge in [-0.15, -0.1) is 10.2 Å². The van der Waals surface area contributed by atoms with E-state index in [1.165, 1.54) is 25.1 Å². The van der Waals surface area contributed by atoms with Crippen LogP contribution in [0.4, 0.5) is 21.6 Å². The van der Waals surface area contributed by atoms with Crippen molar-refractivity contribution in [2.24, 2.45) is 0 Å². The Morgan fingerprint density at radius 2 is 1.67 bits per heavy atom. The second kappa shape index (κ2) is 7.92. The molecule has 6 nitrogen and oxygen atoms in total. The number of Topliss-reactive ketones (excluding diaryl/α,β-unsaturated/α-hetero) is 1. The van der Waals surface area contributed by atoms with E-state index in [0.29, 0.717) is 17.1 Å². The number of rotatable bonds is 5. The first-order valence-corrected chi connectivity index (χ1v) is 8.28. The molecule has 0 radical (unpaired) electrons. The molecule has 0 aliphatic carbocycles. The van der Waals surface area contributed by atoms with Gasteiger partial charge in [0, 0.05) is 16.9 Å². The molecule has 1 amide bonds. The lowest BCUT2D eigenvalue weighted by Gasteiger charge is -2.07. The van der Waals surface area contributed by atoms with Crippen molar-refractivity contribution < 1.29 is 14.0 Å². The SMILES string of the molecule is CC(=O)c1ccc(Nc2ccc(C(=O)Nc3ccc(F)c(Cl)c3)nn2)cc1. The molecular formula is C19H14ClFN4O2. The number of aromatic nitrogens is 2. The minimum Gasteiger partial charge on any atom is -0.339 e. The van der Waals surface area contributed by atoms with Gasteiger partial charge in [0.25, 0.3) is 5.91 Å². The highest BCUT2D eigenvalue weighted by Crippen LogP contribution is 2.20. The van der Waals surface area contributed by atoms with E-state index in [9.17, 15) is 14.0 Å². The minimum absolute atomic E-state index is 0.0147. The standard InChI is InChI=1S/C19H14ClFN4O2/c1-11(26)12-2-4-13(5-3-12)22-18-9-8-17(24-25-18)19(27)23-14-6-7-16(21)15(20)10-14/h2-10H,1H3,(H,22,25)(H,23,27). The summed E-state index contributed by atoms with van der Waals surface area (Å²) >= 11 is 5.69. The quantitative estimate of drug-likeness (QED) is 0.634. The van der Waals surface area contributed by atoms with Crippen molar-refractivity contribution >= 4 is 40.5 Å². The highest BCUT2D eigenvalue weighted by Gasteiger charge is 2.10. The predicted octanol–water partition coefficient (Wildman–Crippen LogP) is 4.47. The van der Waals surface area contributed by atoms with E-state index in [0.717, 1.165) is 11.8 Å². The van der Waals surface area contributed by atoms with Gasteiger partial charge in [0.2, 0.25) is 0 Å². The van der Waals surface area contributed by atoms with E-state index in [2.05, 4.69) is 20.8 Å². The first-order valence-electron chi connectivity index (χ1n) is 7.90. The molecule has 3 rings (SSSR count). The Bertz CT molecular complexity index is 992. The summed E-state index contributed by atoms with van der Waals surface area (Å²) in [6.07, 6.45) is 0. The van der Waals surface area contributed by atoms with Gasteiger partial charge in [0.1, 0.15) is 5.82 Å². The fourth-order valence-electron chi connectivity index (χ4n) is 2.23. The number of anilines is 3. The number of amides is 1. The molecule has 0 unspecified atom stereocenters. The van der Waals surface area contributed by atoms with Gasteiger partial charge in [0.05, 0.1) is 5.02 Å². The Balaban J connectivity index is 1.66. The molecule has 136 valence electrons. The van der Waals surface area contributed by atoms with Gasteiger partial charge in [-0.05, 0) is 61.5 Å². The summed E-state index contributed by atoms with van der Waals surface area (Å²) in [5, 5.41) is 13.3. The van der Waals surface area contributed by atoms with Gasteiger partial charge in [-0.1, -0.05) is 11.6 Å². The lowest BCUT2D eigenvalue weighted by molar-refractivity contribution is 0.101. The van der Waals surface area contributed by atoms with Crippen molar-refractivity contribution in [3.8, 4) is 0 Å². The zero-order valence-electron chi connectivity index (χ0n) is 14.2. The van der Waals surface area contributed by atoms with Crippen LogP contribution in [0.15, 0.2) is 54.6 Å². The van der Waals surface area contributed by atoms with E-state index < -0.39 is 11.7 Å². The topological polar surface area (TPSA) is 84.0 Å². The highest BCUT2D eigenvalue weighted by molar-refractivity contribution is 6.31. The Labute approximate surface area is 159 Å². The monoisotopic (exact) mass is 384 g/mol. The largest absolute Gasteiger partial charge is 0.339 e. The summed E-state index contributed by atoms with van der Waals surface area (Å²) < 4.78 is 13.2. The normalized spacial score (nSPS) is 10.3. The summed E-state index contributed by atoms with van der Waals surface area (Å²) in [7, 11) is 0. The molecule has 2 N–H and O–H groups in total. The Kier molecular flexibility index (Phi) is 5.42. The van der Waals surface area contributed by atoms with E-state index >= 15 is 0 Å². The van der Waals surface area contributed by atoms with Crippen LogP contribution in [0.25, 0.3) is 0 Å². The van der Waals surface area contributed by atoms with Crippen molar-refractivity contribution in [3.63, 3.8) is 0 Å². The Morgan fingerprint density at radius 1 is 0.963 bits per heavy atom. The van der Waals surface area contributed by atoms with Crippen LogP contribution < -0.4 is 10.6 Å². The maximum atomic E-state index is 13.2. The van der Waals surface area contributed by atoms with Crippen molar-refractivity contribution in [2.75, 3.05) is 10.6 Å². The highest BCUT2D eigenvalue weighted by atomic mass is 35.5. The van der Waals surface area contributed by atoms with Crippen LogP contribution >= 0.6 is 11.6 Å². The second-order valence-corrected chi connectivity index (χ2v) is 6.05. The Hall–Kier alpha value is -3.32. The molecule has 3 aromatic rings. The minimum atomic E-state index is -0.568. The van der Waals surface area contributed by atoms with Gasteiger partial charge >= 0.3 is 0 Å². The van der Waals surface area contributed by atoms with Crippen molar-refractivity contribution in [1.82, 2.24) is 10.2 Å². The van der Waals surface area contributed by atoms with Crippen LogP contribution in [0.3, 0.4) is 0 Å². The summed E-state index contributed by atoms with van der Waals surface area (Å²) in [6, 6.07) is 13.9. The first-order chi connectivity index (χ1) is 12.9. The first kappa shape index (κ1) is 18.5. The van der Waals surface area contributed by atoms with Crippen LogP contribution in [0.5, 0.6) is 0 Å². The van der Waals surface area contributed by atoms with Gasteiger partial charge in [-0.25, -0.2) is 4.39 Å². The van der Waals surface area contributed by atoms with Crippen LogP contribution in [0.2, 0.25) is 5.02 Å². The molecular weight excluding hydrogens is 371 g/mol. The van der Waals surface area contributed by atoms with Gasteiger partial charge in [0.15, 0.2) is 17.3 Å². The average molecular weight is 385 g/mol. The fraction of sp³-hybridized carbons (Fsp3) is 0.0526. The summed E-state index contributed by atoms with van der Waals surface area (Å²) in [5.41, 5.74) is 1.78. The maximum Gasteiger partial charge on any atom is 0.276 e. The lowest BCUT2D eigenvalue weighted by Crippen LogP contribution is -2.14. The second-order valence-electron chi connectivity index (χ2n) is 5.65. The van der Waals surface area contributed by atoms with Gasteiger partial charge in [-0.3, -0.25) is 9.59 Å². The summed E-state index contributed by atoms with van der Waals surface area (Å²) in [4.78, 5) is 23.5. The van der Waals surface area contributed by atoms with E-state index in [1.807, 2.05) is 0 Å². The van der Waals surface area contributed by atoms with Gasteiger partial charge in [-0.2, -0.15) is 0 Å². The Morgan fingerprint density at radius 3 is 2.26 bits per heavy atom. The van der Waals surface area contributed by atoms with Crippen molar-refractivity contribution in [3.05, 3.63) is 76.7 Å². The molecule has 2 aromatic carbocycles. The molecule has 0 aliphatic heterocycles. The molecule has 0 fully saturated rings. The number of ketones is 1. The third-order valence-corrected chi connectivity index (χ3v) is 3.93. The number of halogens is 2. The maximum absolute atomic E-state index is 13.2. The van der Waals surface area contributed by atoms with Crippen LogP contribution in [0, 0.1) is 5.82 Å². The molecule has 0 saturated carbocycles. The number of hydrogen-bond donors (Lipinski definition) is 2. The molecule has 0 saturated heterocycles. The summed E-state index contributed by atoms with van der Waals surface area (Å²) in [6.45, 7) is 1.50. The number of carbonyl (C=O) groups excluding carboxylic acids is 2. The average Bonchev–Trinajstić information content (AvgIpc) is 2.66. The smallest absolute Gasteiger partial charge is 0.276 e. The number of carbonyl (C=O) groups is 2. The molecule has 1 heterocycles. The summed E-state index contributed by atoms with van der Waals surface area (Å²) in [5.74, 6) is -0.644. The number of benzene rings is 2.